The molecule has 0 spiro atoms. The number of nitrogens with one attached hydrogen (secondary N) is 2. The number of ether oxygens (including phenoxy) is 2. The maximum absolute atomic E-state index is 13.0. The van der Waals surface area contributed by atoms with Crippen molar-refractivity contribution in [3.63, 3.8) is 0 Å². The number of methoxy groups -OCH3 is 1. The predicted molar refractivity (Wildman–Crippen MR) is 123 cm³/mol. The summed E-state index contributed by atoms with van der Waals surface area (Å²) in [6, 6.07) is 12.3. The summed E-state index contributed by atoms with van der Waals surface area (Å²) in [7, 11) is -2.52. The van der Waals surface area contributed by atoms with Gasteiger partial charge in [-0.1, -0.05) is 30.3 Å². The van der Waals surface area contributed by atoms with E-state index < -0.39 is 34.0 Å². The molecule has 1 saturated heterocycles. The molecule has 1 unspecified atom stereocenters. The number of carbonyl (C=O) groups excluding carboxylic acids is 3. The van der Waals surface area contributed by atoms with Crippen LogP contribution < -0.4 is 15.4 Å². The minimum atomic E-state index is -3.86. The van der Waals surface area contributed by atoms with Crippen LogP contribution in [0, 0.1) is 0 Å². The zero-order valence-electron chi connectivity index (χ0n) is 18.9. The molecule has 1 aliphatic heterocycles. The fourth-order valence-corrected chi connectivity index (χ4v) is 5.09. The van der Waals surface area contributed by atoms with E-state index in [1.165, 1.54) is 36.5 Å². The molecule has 34 heavy (non-hydrogen) atoms. The van der Waals surface area contributed by atoms with Crippen LogP contribution in [0.2, 0.25) is 0 Å². The molecule has 3 rings (SSSR count). The van der Waals surface area contributed by atoms with Gasteiger partial charge in [0, 0.05) is 19.6 Å². The van der Waals surface area contributed by atoms with E-state index in [-0.39, 0.29) is 22.8 Å². The lowest BCUT2D eigenvalue weighted by Gasteiger charge is -2.18. The van der Waals surface area contributed by atoms with Gasteiger partial charge in [-0.3, -0.25) is 10.1 Å². The molecule has 2 aromatic carbocycles. The van der Waals surface area contributed by atoms with Crippen molar-refractivity contribution < 1.29 is 32.3 Å². The lowest BCUT2D eigenvalue weighted by atomic mass is 10.2. The molecule has 1 atom stereocenters. The van der Waals surface area contributed by atoms with Gasteiger partial charge in [0.2, 0.25) is 10.0 Å². The normalized spacial score (nSPS) is 14.8. The minimum absolute atomic E-state index is 0.0632. The molecule has 0 aliphatic carbocycles. The number of nitrogens with zero attached hydrogens (tertiary/aromatic N) is 1. The van der Waals surface area contributed by atoms with E-state index in [4.69, 9.17) is 9.47 Å². The van der Waals surface area contributed by atoms with Crippen molar-refractivity contribution in [2.24, 2.45) is 0 Å². The molecule has 11 heteroatoms. The molecular formula is C23H27N3O7S. The Morgan fingerprint density at radius 3 is 2.38 bits per heavy atom. The second-order valence-corrected chi connectivity index (χ2v) is 9.59. The number of hydrogen-bond acceptors (Lipinski definition) is 7. The van der Waals surface area contributed by atoms with E-state index in [1.54, 1.807) is 0 Å². The number of esters is 1. The van der Waals surface area contributed by atoms with Crippen LogP contribution in [0.5, 0.6) is 5.75 Å². The van der Waals surface area contributed by atoms with Crippen LogP contribution in [0.25, 0.3) is 0 Å². The fourth-order valence-electron chi connectivity index (χ4n) is 3.39. The Labute approximate surface area is 198 Å². The molecule has 2 N–H and O–H groups in total. The van der Waals surface area contributed by atoms with Gasteiger partial charge in [-0.05, 0) is 43.5 Å². The lowest BCUT2D eigenvalue weighted by molar-refractivity contribution is -0.127. The number of sulfonamides is 1. The molecule has 0 bridgehead atoms. The van der Waals surface area contributed by atoms with E-state index in [2.05, 4.69) is 10.6 Å². The molecule has 3 amide bonds. The Morgan fingerprint density at radius 1 is 1.06 bits per heavy atom. The third kappa shape index (κ3) is 6.12. The molecule has 1 fully saturated rings. The highest BCUT2D eigenvalue weighted by Gasteiger charge is 2.31. The number of benzene rings is 2. The molecule has 10 nitrogen and oxygen atoms in total. The van der Waals surface area contributed by atoms with Crippen LogP contribution in [0.1, 0.15) is 35.7 Å². The molecular weight excluding hydrogens is 462 g/mol. The molecule has 0 aromatic heterocycles. The van der Waals surface area contributed by atoms with Gasteiger partial charge in [-0.15, -0.1) is 0 Å². The van der Waals surface area contributed by atoms with Crippen molar-refractivity contribution >= 4 is 27.9 Å². The zero-order valence-corrected chi connectivity index (χ0v) is 19.8. The molecule has 182 valence electrons. The number of rotatable bonds is 8. The standard InChI is InChI=1S/C23H27N3O7S/c1-16(21(27)25-23(29)24-15-17-8-4-3-5-9-17)33-22(28)18-10-11-19(32-2)20(14-18)34(30,31)26-12-6-7-13-26/h3-5,8-11,14,16H,6-7,12-13,15H2,1-2H3,(H2,24,25,27,29). The van der Waals surface area contributed by atoms with Crippen molar-refractivity contribution in [3.05, 3.63) is 59.7 Å². The van der Waals surface area contributed by atoms with Gasteiger partial charge in [0.1, 0.15) is 10.6 Å². The maximum atomic E-state index is 13.0. The molecule has 0 radical (unpaired) electrons. The highest BCUT2D eigenvalue weighted by molar-refractivity contribution is 7.89. The van der Waals surface area contributed by atoms with Gasteiger partial charge in [0.15, 0.2) is 6.10 Å². The first-order valence-electron chi connectivity index (χ1n) is 10.7. The van der Waals surface area contributed by atoms with Crippen LogP contribution in [-0.4, -0.2) is 56.9 Å². The Balaban J connectivity index is 1.62. The molecule has 1 aliphatic rings. The highest BCUT2D eigenvalue weighted by atomic mass is 32.2. The summed E-state index contributed by atoms with van der Waals surface area (Å²) in [5.74, 6) is -1.63. The van der Waals surface area contributed by atoms with E-state index in [0.29, 0.717) is 13.1 Å². The lowest BCUT2D eigenvalue weighted by Crippen LogP contribution is -2.44. The van der Waals surface area contributed by atoms with Crippen molar-refractivity contribution in [1.82, 2.24) is 14.9 Å². The van der Waals surface area contributed by atoms with Crippen molar-refractivity contribution in [1.29, 1.82) is 0 Å². The summed E-state index contributed by atoms with van der Waals surface area (Å²) < 4.78 is 37.6. The molecule has 0 saturated carbocycles. The second-order valence-electron chi connectivity index (χ2n) is 7.68. The van der Waals surface area contributed by atoms with Crippen LogP contribution in [0.3, 0.4) is 0 Å². The van der Waals surface area contributed by atoms with Gasteiger partial charge < -0.3 is 14.8 Å². The van der Waals surface area contributed by atoms with Gasteiger partial charge in [-0.25, -0.2) is 18.0 Å². The topological polar surface area (TPSA) is 131 Å². The Morgan fingerprint density at radius 2 is 1.74 bits per heavy atom. The van der Waals surface area contributed by atoms with Crippen LogP contribution in [0.4, 0.5) is 4.79 Å². The van der Waals surface area contributed by atoms with E-state index >= 15 is 0 Å². The Hall–Kier alpha value is -3.44. The third-order valence-electron chi connectivity index (χ3n) is 5.27. The SMILES string of the molecule is COc1ccc(C(=O)OC(C)C(=O)NC(=O)NCc2ccccc2)cc1S(=O)(=O)N1CCCC1. The van der Waals surface area contributed by atoms with Crippen molar-refractivity contribution in [2.75, 3.05) is 20.2 Å². The minimum Gasteiger partial charge on any atom is -0.495 e. The zero-order chi connectivity index (χ0) is 24.7. The summed E-state index contributed by atoms with van der Waals surface area (Å²) >= 11 is 0. The Bertz CT molecular complexity index is 1150. The largest absolute Gasteiger partial charge is 0.495 e. The quantitative estimate of drug-likeness (QED) is 0.543. The maximum Gasteiger partial charge on any atom is 0.338 e. The number of carbonyl (C=O) groups is 3. The summed E-state index contributed by atoms with van der Waals surface area (Å²) in [6.07, 6.45) is 0.222. The monoisotopic (exact) mass is 489 g/mol. The van der Waals surface area contributed by atoms with Gasteiger partial charge >= 0.3 is 12.0 Å². The summed E-state index contributed by atoms with van der Waals surface area (Å²) in [5.41, 5.74) is 0.788. The number of amides is 3. The average Bonchev–Trinajstić information content (AvgIpc) is 3.39. The van der Waals surface area contributed by atoms with Gasteiger partial charge in [-0.2, -0.15) is 4.31 Å². The van der Waals surface area contributed by atoms with Gasteiger partial charge in [0.05, 0.1) is 12.7 Å². The van der Waals surface area contributed by atoms with E-state index in [9.17, 15) is 22.8 Å². The first-order chi connectivity index (χ1) is 16.2. The van der Waals surface area contributed by atoms with Gasteiger partial charge in [0.25, 0.3) is 5.91 Å². The number of imide groups is 1. The average molecular weight is 490 g/mol. The van der Waals surface area contributed by atoms with E-state index in [0.717, 1.165) is 18.4 Å². The smallest absolute Gasteiger partial charge is 0.338 e. The Kier molecular flexibility index (Phi) is 8.24. The summed E-state index contributed by atoms with van der Waals surface area (Å²) in [6.45, 7) is 2.31. The second kappa shape index (κ2) is 11.1. The van der Waals surface area contributed by atoms with E-state index in [1.807, 2.05) is 30.3 Å². The fraction of sp³-hybridized carbons (Fsp3) is 0.348. The molecule has 1 heterocycles. The number of urea groups is 1. The summed E-state index contributed by atoms with van der Waals surface area (Å²) in [4.78, 5) is 36.7. The predicted octanol–water partition coefficient (Wildman–Crippen LogP) is 2.05. The number of hydrogen-bond donors (Lipinski definition) is 2. The first-order valence-corrected chi connectivity index (χ1v) is 12.2. The van der Waals surface area contributed by atoms with Crippen molar-refractivity contribution in [2.45, 2.75) is 37.3 Å². The van der Waals surface area contributed by atoms with Crippen LogP contribution >= 0.6 is 0 Å². The molecule has 2 aromatic rings. The van der Waals surface area contributed by atoms with Crippen LogP contribution in [-0.2, 0) is 26.1 Å². The summed E-state index contributed by atoms with van der Waals surface area (Å²) in [5, 5.41) is 4.65. The van der Waals surface area contributed by atoms with Crippen LogP contribution in [0.15, 0.2) is 53.4 Å². The third-order valence-corrected chi connectivity index (χ3v) is 7.19. The van der Waals surface area contributed by atoms with Crippen molar-refractivity contribution in [3.8, 4) is 5.75 Å². The first kappa shape index (κ1) is 25.2. The highest BCUT2D eigenvalue weighted by Crippen LogP contribution is 2.30.